The minimum absolute atomic E-state index is 0.923. The van der Waals surface area contributed by atoms with Gasteiger partial charge in [-0.3, -0.25) is 4.98 Å². The van der Waals surface area contributed by atoms with E-state index >= 15 is 0 Å². The summed E-state index contributed by atoms with van der Waals surface area (Å²) in [6, 6.07) is 14.6. The first-order valence-electron chi connectivity index (χ1n) is 6.63. The van der Waals surface area contributed by atoms with Gasteiger partial charge in [0.2, 0.25) is 0 Å². The van der Waals surface area contributed by atoms with E-state index in [1.807, 2.05) is 18.3 Å². The minimum Gasteiger partial charge on any atom is -0.312 e. The zero-order chi connectivity index (χ0) is 12.2. The van der Waals surface area contributed by atoms with Crippen LogP contribution in [0.15, 0.2) is 48.7 Å². The normalized spacial score (nSPS) is 14.7. The third-order valence-corrected chi connectivity index (χ3v) is 3.40. The minimum atomic E-state index is 0.923. The van der Waals surface area contributed by atoms with Crippen molar-refractivity contribution in [1.82, 2.24) is 10.3 Å². The molecule has 0 unspecified atom stereocenters. The van der Waals surface area contributed by atoms with Gasteiger partial charge in [0.25, 0.3) is 0 Å². The molecule has 1 fully saturated rings. The molecule has 1 N–H and O–H groups in total. The van der Waals surface area contributed by atoms with E-state index in [2.05, 4.69) is 40.6 Å². The third kappa shape index (κ3) is 2.77. The predicted molar refractivity (Wildman–Crippen MR) is 74.1 cm³/mol. The van der Waals surface area contributed by atoms with E-state index in [4.69, 9.17) is 0 Å². The summed E-state index contributed by atoms with van der Waals surface area (Å²) in [5.74, 6) is 0.923. The van der Waals surface area contributed by atoms with Crippen LogP contribution in [0.4, 0.5) is 0 Å². The van der Waals surface area contributed by atoms with Crippen LogP contribution < -0.4 is 5.32 Å². The Morgan fingerprint density at radius 1 is 1.06 bits per heavy atom. The fourth-order valence-corrected chi connectivity index (χ4v) is 2.18. The largest absolute Gasteiger partial charge is 0.312 e. The first kappa shape index (κ1) is 11.4. The Hall–Kier alpha value is -1.67. The van der Waals surface area contributed by atoms with E-state index in [0.717, 1.165) is 24.7 Å². The van der Waals surface area contributed by atoms with E-state index in [1.54, 1.807) is 0 Å². The monoisotopic (exact) mass is 238 g/mol. The van der Waals surface area contributed by atoms with Crippen LogP contribution in [0.5, 0.6) is 0 Å². The standard InChI is InChI=1S/C16H18N2/c1-2-6-15(16-7-3-4-10-18-16)14(5-1)12-17-11-13-8-9-13/h1-7,10,13,17H,8-9,11-12H2. The smallest absolute Gasteiger partial charge is 0.0705 e. The molecule has 0 amide bonds. The summed E-state index contributed by atoms with van der Waals surface area (Å²) < 4.78 is 0. The van der Waals surface area contributed by atoms with Crippen LogP contribution in [0.25, 0.3) is 11.3 Å². The molecule has 3 rings (SSSR count). The van der Waals surface area contributed by atoms with Gasteiger partial charge in [0.1, 0.15) is 0 Å². The van der Waals surface area contributed by atoms with E-state index in [1.165, 1.54) is 24.0 Å². The fraction of sp³-hybridized carbons (Fsp3) is 0.312. The second-order valence-electron chi connectivity index (χ2n) is 4.95. The van der Waals surface area contributed by atoms with E-state index in [0.29, 0.717) is 0 Å². The van der Waals surface area contributed by atoms with Gasteiger partial charge in [0.05, 0.1) is 5.69 Å². The molecule has 2 nitrogen and oxygen atoms in total. The molecule has 1 aliphatic carbocycles. The summed E-state index contributed by atoms with van der Waals surface area (Å²) in [5.41, 5.74) is 3.62. The summed E-state index contributed by atoms with van der Waals surface area (Å²) in [6.07, 6.45) is 4.65. The van der Waals surface area contributed by atoms with Crippen LogP contribution in [0, 0.1) is 5.92 Å². The van der Waals surface area contributed by atoms with Gasteiger partial charge in [-0.25, -0.2) is 0 Å². The number of nitrogens with one attached hydrogen (secondary N) is 1. The Morgan fingerprint density at radius 2 is 1.89 bits per heavy atom. The van der Waals surface area contributed by atoms with Crippen molar-refractivity contribution in [2.75, 3.05) is 6.54 Å². The van der Waals surface area contributed by atoms with Crippen molar-refractivity contribution in [2.24, 2.45) is 5.92 Å². The van der Waals surface area contributed by atoms with Gasteiger partial charge >= 0.3 is 0 Å². The number of nitrogens with zero attached hydrogens (tertiary/aromatic N) is 1. The Morgan fingerprint density at radius 3 is 2.67 bits per heavy atom. The summed E-state index contributed by atoms with van der Waals surface area (Å²) in [7, 11) is 0. The Kier molecular flexibility index (Phi) is 3.37. The highest BCUT2D eigenvalue weighted by molar-refractivity contribution is 5.63. The highest BCUT2D eigenvalue weighted by Crippen LogP contribution is 2.28. The maximum atomic E-state index is 4.44. The summed E-state index contributed by atoms with van der Waals surface area (Å²) >= 11 is 0. The van der Waals surface area contributed by atoms with Crippen LogP contribution in [0.3, 0.4) is 0 Å². The molecule has 18 heavy (non-hydrogen) atoms. The van der Waals surface area contributed by atoms with Crippen molar-refractivity contribution in [3.63, 3.8) is 0 Å². The maximum Gasteiger partial charge on any atom is 0.0705 e. The van der Waals surface area contributed by atoms with Gasteiger partial charge < -0.3 is 5.32 Å². The topological polar surface area (TPSA) is 24.9 Å². The van der Waals surface area contributed by atoms with Gasteiger partial charge in [-0.1, -0.05) is 30.3 Å². The molecule has 1 heterocycles. The van der Waals surface area contributed by atoms with Crippen LogP contribution in [0.1, 0.15) is 18.4 Å². The van der Waals surface area contributed by atoms with Crippen molar-refractivity contribution >= 4 is 0 Å². The highest BCUT2D eigenvalue weighted by Gasteiger charge is 2.20. The van der Waals surface area contributed by atoms with E-state index in [-0.39, 0.29) is 0 Å². The molecular formula is C16H18N2. The zero-order valence-corrected chi connectivity index (χ0v) is 10.5. The molecule has 0 radical (unpaired) electrons. The molecular weight excluding hydrogens is 220 g/mol. The Bertz CT molecular complexity index is 504. The number of pyridine rings is 1. The molecule has 0 aliphatic heterocycles. The average Bonchev–Trinajstić information content (AvgIpc) is 3.25. The van der Waals surface area contributed by atoms with Crippen LogP contribution in [-0.2, 0) is 6.54 Å². The van der Waals surface area contributed by atoms with Crippen molar-refractivity contribution in [1.29, 1.82) is 0 Å². The quantitative estimate of drug-likeness (QED) is 0.865. The van der Waals surface area contributed by atoms with Crippen molar-refractivity contribution in [3.8, 4) is 11.3 Å². The fourth-order valence-electron chi connectivity index (χ4n) is 2.18. The highest BCUT2D eigenvalue weighted by atomic mass is 14.9. The van der Waals surface area contributed by atoms with E-state index < -0.39 is 0 Å². The predicted octanol–water partition coefficient (Wildman–Crippen LogP) is 3.25. The number of benzene rings is 1. The SMILES string of the molecule is c1ccc(-c2ccccc2CNCC2CC2)nc1. The van der Waals surface area contributed by atoms with Crippen LogP contribution in [-0.4, -0.2) is 11.5 Å². The second-order valence-corrected chi connectivity index (χ2v) is 4.95. The second kappa shape index (κ2) is 5.32. The molecule has 0 atom stereocenters. The van der Waals surface area contributed by atoms with Gasteiger partial charge in [-0.15, -0.1) is 0 Å². The molecule has 1 aliphatic rings. The molecule has 2 heteroatoms. The first-order chi connectivity index (χ1) is 8.93. The van der Waals surface area contributed by atoms with Gasteiger partial charge in [-0.2, -0.15) is 0 Å². The molecule has 1 aromatic heterocycles. The molecule has 0 bridgehead atoms. The number of aromatic nitrogens is 1. The van der Waals surface area contributed by atoms with Crippen LogP contribution in [0.2, 0.25) is 0 Å². The summed E-state index contributed by atoms with van der Waals surface area (Å²) in [6.45, 7) is 2.08. The average molecular weight is 238 g/mol. The molecule has 0 saturated heterocycles. The van der Waals surface area contributed by atoms with Crippen molar-refractivity contribution < 1.29 is 0 Å². The molecule has 0 spiro atoms. The third-order valence-electron chi connectivity index (χ3n) is 3.40. The van der Waals surface area contributed by atoms with Gasteiger partial charge in [-0.05, 0) is 43.0 Å². The van der Waals surface area contributed by atoms with E-state index in [9.17, 15) is 0 Å². The first-order valence-corrected chi connectivity index (χ1v) is 6.63. The van der Waals surface area contributed by atoms with Crippen molar-refractivity contribution in [3.05, 3.63) is 54.2 Å². The lowest BCUT2D eigenvalue weighted by molar-refractivity contribution is 0.639. The lowest BCUT2D eigenvalue weighted by Gasteiger charge is -2.09. The van der Waals surface area contributed by atoms with Crippen LogP contribution >= 0.6 is 0 Å². The van der Waals surface area contributed by atoms with Gasteiger partial charge in [0.15, 0.2) is 0 Å². The molecule has 2 aromatic rings. The molecule has 92 valence electrons. The molecule has 1 aromatic carbocycles. The summed E-state index contributed by atoms with van der Waals surface area (Å²) in [5, 5.41) is 3.55. The lowest BCUT2D eigenvalue weighted by atomic mass is 10.0. The number of hydrogen-bond donors (Lipinski definition) is 1. The number of rotatable bonds is 5. The zero-order valence-electron chi connectivity index (χ0n) is 10.5. The van der Waals surface area contributed by atoms with Crippen molar-refractivity contribution in [2.45, 2.75) is 19.4 Å². The Labute approximate surface area is 108 Å². The Balaban J connectivity index is 1.76. The maximum absolute atomic E-state index is 4.44. The summed E-state index contributed by atoms with van der Waals surface area (Å²) in [4.78, 5) is 4.44. The van der Waals surface area contributed by atoms with Gasteiger partial charge in [0, 0.05) is 18.3 Å². The number of hydrogen-bond acceptors (Lipinski definition) is 2. The molecule has 1 saturated carbocycles. The lowest BCUT2D eigenvalue weighted by Crippen LogP contribution is -2.16.